The topological polar surface area (TPSA) is 93.7 Å². The smallest absolute Gasteiger partial charge is 0.434 e. The Morgan fingerprint density at radius 2 is 1.56 bits per heavy atom. The molecule has 0 saturated heterocycles. The summed E-state index contributed by atoms with van der Waals surface area (Å²) in [5.41, 5.74) is 0.877. The Hall–Kier alpha value is -3.00. The van der Waals surface area contributed by atoms with Gasteiger partial charge in [0.2, 0.25) is 0 Å². The first-order valence-corrected chi connectivity index (χ1v) is 8.75. The van der Waals surface area contributed by atoms with Gasteiger partial charge in [-0.1, -0.05) is 12.1 Å². The summed E-state index contributed by atoms with van der Waals surface area (Å²) in [6.45, 7) is 2.43. The molecule has 0 radical (unpaired) electrons. The van der Waals surface area contributed by atoms with Crippen molar-refractivity contribution >= 4 is 30.6 Å². The molecule has 0 fully saturated rings. The van der Waals surface area contributed by atoms with E-state index in [1.807, 2.05) is 0 Å². The predicted molar refractivity (Wildman–Crippen MR) is 102 cm³/mol. The minimum Gasteiger partial charge on any atom is -0.434 e. The van der Waals surface area contributed by atoms with Crippen molar-refractivity contribution in [2.45, 2.75) is 11.8 Å². The highest BCUT2D eigenvalue weighted by atomic mass is 32.1. The van der Waals surface area contributed by atoms with Crippen molar-refractivity contribution in [1.82, 2.24) is 10.6 Å². The molecule has 2 N–H and O–H groups in total. The Balaban J connectivity index is 1.76. The van der Waals surface area contributed by atoms with Gasteiger partial charge >= 0.3 is 6.16 Å². The second-order valence-corrected chi connectivity index (χ2v) is 5.82. The van der Waals surface area contributed by atoms with Gasteiger partial charge in [-0.15, -0.1) is 12.6 Å². The summed E-state index contributed by atoms with van der Waals surface area (Å²) in [5, 5.41) is 5.41. The summed E-state index contributed by atoms with van der Waals surface area (Å²) in [6.07, 6.45) is -0.798. The Kier molecular flexibility index (Phi) is 7.69. The van der Waals surface area contributed by atoms with Gasteiger partial charge in [0.25, 0.3) is 11.8 Å². The summed E-state index contributed by atoms with van der Waals surface area (Å²) in [6, 6.07) is 13.0. The maximum absolute atomic E-state index is 12.1. The van der Waals surface area contributed by atoms with Crippen LogP contribution in [0.1, 0.15) is 27.6 Å². The minimum atomic E-state index is -0.798. The summed E-state index contributed by atoms with van der Waals surface area (Å²) in [7, 11) is 0. The molecule has 2 aromatic carbocycles. The van der Waals surface area contributed by atoms with Crippen LogP contribution in [0.15, 0.2) is 53.4 Å². The summed E-state index contributed by atoms with van der Waals surface area (Å²) in [4.78, 5) is 35.9. The number of ether oxygens (including phenoxy) is 2. The van der Waals surface area contributed by atoms with Crippen molar-refractivity contribution in [3.8, 4) is 5.75 Å². The zero-order valence-electron chi connectivity index (χ0n) is 14.7. The molecule has 7 nitrogen and oxygen atoms in total. The first-order valence-electron chi connectivity index (χ1n) is 8.30. The van der Waals surface area contributed by atoms with Crippen LogP contribution >= 0.6 is 12.6 Å². The van der Waals surface area contributed by atoms with Gasteiger partial charge in [-0.3, -0.25) is 9.59 Å². The standard InChI is InChI=1S/C19H20N2O5S/c1-2-25-19(24)26-14-9-7-13(8-10-14)17(22)20-11-12-21-18(23)15-5-3-4-6-16(15)27/h3-10,27H,2,11-12H2,1H3,(H,20,22)(H,21,23). The molecule has 0 aromatic heterocycles. The van der Waals surface area contributed by atoms with Gasteiger partial charge in [0, 0.05) is 23.5 Å². The highest BCUT2D eigenvalue weighted by molar-refractivity contribution is 7.80. The van der Waals surface area contributed by atoms with Crippen LogP contribution in [0.25, 0.3) is 0 Å². The van der Waals surface area contributed by atoms with E-state index in [1.165, 1.54) is 24.3 Å². The Bertz CT molecular complexity index is 808. The van der Waals surface area contributed by atoms with Crippen LogP contribution in [-0.4, -0.2) is 37.7 Å². The molecule has 2 amide bonds. The maximum atomic E-state index is 12.1. The van der Waals surface area contributed by atoms with E-state index in [9.17, 15) is 14.4 Å². The zero-order chi connectivity index (χ0) is 19.6. The maximum Gasteiger partial charge on any atom is 0.513 e. The number of nitrogens with one attached hydrogen (secondary N) is 2. The number of amides is 2. The molecule has 0 heterocycles. The lowest BCUT2D eigenvalue weighted by atomic mass is 10.2. The van der Waals surface area contributed by atoms with Crippen LogP contribution < -0.4 is 15.4 Å². The summed E-state index contributed by atoms with van der Waals surface area (Å²) < 4.78 is 9.59. The molecule has 0 aliphatic heterocycles. The van der Waals surface area contributed by atoms with Crippen LogP contribution in [0, 0.1) is 0 Å². The van der Waals surface area contributed by atoms with Crippen molar-refractivity contribution < 1.29 is 23.9 Å². The fourth-order valence-electron chi connectivity index (χ4n) is 2.13. The molecule has 0 aliphatic carbocycles. The Labute approximate surface area is 162 Å². The van der Waals surface area contributed by atoms with E-state index in [2.05, 4.69) is 28.0 Å². The molecule has 0 saturated carbocycles. The van der Waals surface area contributed by atoms with E-state index in [0.717, 1.165) is 0 Å². The van der Waals surface area contributed by atoms with E-state index in [1.54, 1.807) is 31.2 Å². The van der Waals surface area contributed by atoms with Crippen molar-refractivity contribution in [2.75, 3.05) is 19.7 Å². The highest BCUT2D eigenvalue weighted by Gasteiger charge is 2.10. The normalized spacial score (nSPS) is 10.0. The van der Waals surface area contributed by atoms with Crippen LogP contribution in [0.2, 0.25) is 0 Å². The number of rotatable bonds is 7. The van der Waals surface area contributed by atoms with E-state index < -0.39 is 6.16 Å². The van der Waals surface area contributed by atoms with Gasteiger partial charge in [0.1, 0.15) is 5.75 Å². The third-order valence-electron chi connectivity index (χ3n) is 3.42. The van der Waals surface area contributed by atoms with Crippen molar-refractivity contribution in [1.29, 1.82) is 0 Å². The molecule has 2 aromatic rings. The molecule has 0 aliphatic rings. The van der Waals surface area contributed by atoms with Crippen LogP contribution in [0.3, 0.4) is 0 Å². The van der Waals surface area contributed by atoms with Crippen LogP contribution in [0.5, 0.6) is 5.75 Å². The van der Waals surface area contributed by atoms with Gasteiger partial charge in [-0.05, 0) is 43.3 Å². The number of carbonyl (C=O) groups excluding carboxylic acids is 3. The number of hydrogen-bond acceptors (Lipinski definition) is 6. The van der Waals surface area contributed by atoms with Gasteiger partial charge in [-0.2, -0.15) is 0 Å². The average Bonchev–Trinajstić information content (AvgIpc) is 2.66. The molecule has 0 bridgehead atoms. The fourth-order valence-corrected chi connectivity index (χ4v) is 2.40. The molecule has 27 heavy (non-hydrogen) atoms. The van der Waals surface area contributed by atoms with Crippen LogP contribution in [0.4, 0.5) is 4.79 Å². The number of thiol groups is 1. The highest BCUT2D eigenvalue weighted by Crippen LogP contribution is 2.13. The molecule has 0 unspecified atom stereocenters. The molecule has 0 atom stereocenters. The second-order valence-electron chi connectivity index (χ2n) is 5.34. The summed E-state index contributed by atoms with van der Waals surface area (Å²) >= 11 is 4.23. The average molecular weight is 388 g/mol. The second kappa shape index (κ2) is 10.2. The predicted octanol–water partition coefficient (Wildman–Crippen LogP) is 2.67. The van der Waals surface area contributed by atoms with Crippen LogP contribution in [-0.2, 0) is 4.74 Å². The lowest BCUT2D eigenvalue weighted by Crippen LogP contribution is -2.34. The minimum absolute atomic E-state index is 0.218. The van der Waals surface area contributed by atoms with Gasteiger partial charge in [0.05, 0.1) is 12.2 Å². The molecule has 0 spiro atoms. The van der Waals surface area contributed by atoms with E-state index in [4.69, 9.17) is 4.74 Å². The lowest BCUT2D eigenvalue weighted by Gasteiger charge is -2.09. The molecular formula is C19H20N2O5S. The first kappa shape index (κ1) is 20.3. The zero-order valence-corrected chi connectivity index (χ0v) is 15.6. The van der Waals surface area contributed by atoms with E-state index >= 15 is 0 Å². The van der Waals surface area contributed by atoms with Crippen molar-refractivity contribution in [2.24, 2.45) is 0 Å². The largest absolute Gasteiger partial charge is 0.513 e. The van der Waals surface area contributed by atoms with Gasteiger partial charge < -0.3 is 20.1 Å². The molecular weight excluding hydrogens is 368 g/mol. The third kappa shape index (κ3) is 6.34. The fraction of sp³-hybridized carbons (Fsp3) is 0.211. The Morgan fingerprint density at radius 3 is 2.19 bits per heavy atom. The SMILES string of the molecule is CCOC(=O)Oc1ccc(C(=O)NCCNC(=O)c2ccccc2S)cc1. The van der Waals surface area contributed by atoms with Crippen molar-refractivity contribution in [3.63, 3.8) is 0 Å². The molecule has 8 heteroatoms. The van der Waals surface area contributed by atoms with Gasteiger partial charge in [-0.25, -0.2) is 4.79 Å². The Morgan fingerprint density at radius 1 is 0.926 bits per heavy atom. The molecule has 2 rings (SSSR count). The van der Waals surface area contributed by atoms with Crippen molar-refractivity contribution in [3.05, 3.63) is 59.7 Å². The third-order valence-corrected chi connectivity index (χ3v) is 3.81. The van der Waals surface area contributed by atoms with E-state index in [-0.39, 0.29) is 37.3 Å². The summed E-state index contributed by atoms with van der Waals surface area (Å²) in [5.74, 6) is -0.278. The quantitative estimate of drug-likeness (QED) is 0.293. The lowest BCUT2D eigenvalue weighted by molar-refractivity contribution is 0.0926. The monoisotopic (exact) mass is 388 g/mol. The van der Waals surface area contributed by atoms with Gasteiger partial charge in [0.15, 0.2) is 0 Å². The van der Waals surface area contributed by atoms with E-state index in [0.29, 0.717) is 16.0 Å². The number of benzene rings is 2. The number of hydrogen-bond donors (Lipinski definition) is 3. The number of carbonyl (C=O) groups is 3. The molecule has 142 valence electrons. The first-order chi connectivity index (χ1) is 13.0.